The van der Waals surface area contributed by atoms with Crippen molar-refractivity contribution >= 4 is 5.65 Å². The number of halogens is 3. The Bertz CT molecular complexity index is 678. The highest BCUT2D eigenvalue weighted by atomic mass is 19.4. The lowest BCUT2D eigenvalue weighted by atomic mass is 10.1. The molecule has 0 unspecified atom stereocenters. The van der Waals surface area contributed by atoms with Gasteiger partial charge in [0.2, 0.25) is 0 Å². The van der Waals surface area contributed by atoms with Crippen LogP contribution >= 0.6 is 0 Å². The molecule has 0 amide bonds. The summed E-state index contributed by atoms with van der Waals surface area (Å²) in [6, 6.07) is 1.81. The van der Waals surface area contributed by atoms with E-state index in [-0.39, 0.29) is 16.8 Å². The van der Waals surface area contributed by atoms with Crippen molar-refractivity contribution < 1.29 is 13.2 Å². The molecule has 0 radical (unpaired) electrons. The average Bonchev–Trinajstić information content (AvgIpc) is 2.88. The lowest BCUT2D eigenvalue weighted by molar-refractivity contribution is -0.143. The SMILES string of the molecule is N#Cc1cnn2c(C(F)(F)F)c3c(nc12)CCC3. The standard InChI is InChI=1S/C11H7F3N4/c12-11(13,14)9-7-2-1-3-8(7)17-10-6(4-15)5-16-18(9)10/h5H,1-3H2. The molecule has 2 aromatic heterocycles. The Morgan fingerprint density at radius 1 is 1.33 bits per heavy atom. The number of nitrogens with zero attached hydrogens (tertiary/aromatic N) is 4. The number of alkyl halides is 3. The van der Waals surface area contributed by atoms with Crippen LogP contribution in [0, 0.1) is 11.3 Å². The van der Waals surface area contributed by atoms with Gasteiger partial charge >= 0.3 is 6.18 Å². The van der Waals surface area contributed by atoms with Crippen molar-refractivity contribution in [3.05, 3.63) is 28.7 Å². The van der Waals surface area contributed by atoms with Gasteiger partial charge < -0.3 is 0 Å². The maximum absolute atomic E-state index is 13.1. The molecule has 18 heavy (non-hydrogen) atoms. The molecule has 0 spiro atoms. The first-order valence-corrected chi connectivity index (χ1v) is 5.39. The summed E-state index contributed by atoms with van der Waals surface area (Å²) < 4.78 is 40.1. The first-order chi connectivity index (χ1) is 8.52. The topological polar surface area (TPSA) is 54.0 Å². The van der Waals surface area contributed by atoms with Crippen LogP contribution in [0.1, 0.15) is 28.9 Å². The van der Waals surface area contributed by atoms with E-state index in [1.807, 2.05) is 0 Å². The maximum Gasteiger partial charge on any atom is 0.433 e. The highest BCUT2D eigenvalue weighted by Crippen LogP contribution is 2.36. The summed E-state index contributed by atoms with van der Waals surface area (Å²) in [6.45, 7) is 0. The zero-order valence-corrected chi connectivity index (χ0v) is 9.12. The van der Waals surface area contributed by atoms with Gasteiger partial charge in [0.1, 0.15) is 11.6 Å². The minimum absolute atomic E-state index is 0.00882. The van der Waals surface area contributed by atoms with E-state index in [0.717, 1.165) is 10.7 Å². The number of aryl methyl sites for hydroxylation is 1. The number of rotatable bonds is 0. The van der Waals surface area contributed by atoms with Crippen molar-refractivity contribution in [2.75, 3.05) is 0 Å². The van der Waals surface area contributed by atoms with E-state index in [0.29, 0.717) is 25.0 Å². The van der Waals surface area contributed by atoms with Crippen LogP contribution in [-0.2, 0) is 19.0 Å². The number of hydrogen-bond donors (Lipinski definition) is 0. The summed E-state index contributed by atoms with van der Waals surface area (Å²) in [5, 5.41) is 12.5. The first kappa shape index (κ1) is 11.0. The fourth-order valence-corrected chi connectivity index (χ4v) is 2.35. The lowest BCUT2D eigenvalue weighted by Crippen LogP contribution is -2.17. The molecule has 4 nitrogen and oxygen atoms in total. The highest BCUT2D eigenvalue weighted by molar-refractivity contribution is 5.56. The zero-order valence-electron chi connectivity index (χ0n) is 9.12. The zero-order chi connectivity index (χ0) is 12.9. The van der Waals surface area contributed by atoms with Crippen LogP contribution < -0.4 is 0 Å². The Morgan fingerprint density at radius 2 is 2.11 bits per heavy atom. The summed E-state index contributed by atoms with van der Waals surface area (Å²) in [7, 11) is 0. The van der Waals surface area contributed by atoms with Crippen LogP contribution in [0.4, 0.5) is 13.2 Å². The third kappa shape index (κ3) is 1.38. The third-order valence-electron chi connectivity index (χ3n) is 3.06. The van der Waals surface area contributed by atoms with Gasteiger partial charge in [-0.05, 0) is 19.3 Å². The van der Waals surface area contributed by atoms with Crippen molar-refractivity contribution in [1.82, 2.24) is 14.6 Å². The first-order valence-electron chi connectivity index (χ1n) is 5.39. The molecule has 1 aliphatic rings. The van der Waals surface area contributed by atoms with E-state index in [1.165, 1.54) is 0 Å². The van der Waals surface area contributed by atoms with Crippen LogP contribution in [0.15, 0.2) is 6.20 Å². The Labute approximate surface area is 99.7 Å². The maximum atomic E-state index is 13.1. The van der Waals surface area contributed by atoms with Gasteiger partial charge in [-0.25, -0.2) is 9.50 Å². The molecule has 92 valence electrons. The fourth-order valence-electron chi connectivity index (χ4n) is 2.35. The van der Waals surface area contributed by atoms with E-state index in [2.05, 4.69) is 10.1 Å². The smallest absolute Gasteiger partial charge is 0.232 e. The van der Waals surface area contributed by atoms with Gasteiger partial charge in [-0.1, -0.05) is 0 Å². The number of fused-ring (bicyclic) bond motifs is 2. The van der Waals surface area contributed by atoms with Crippen LogP contribution in [0.5, 0.6) is 0 Å². The van der Waals surface area contributed by atoms with E-state index < -0.39 is 11.9 Å². The summed E-state index contributed by atoms with van der Waals surface area (Å²) >= 11 is 0. The fraction of sp³-hybridized carbons (Fsp3) is 0.364. The summed E-state index contributed by atoms with van der Waals surface area (Å²) in [5.74, 6) is 0. The number of aromatic nitrogens is 3. The lowest BCUT2D eigenvalue weighted by Gasteiger charge is -2.13. The van der Waals surface area contributed by atoms with Crippen molar-refractivity contribution in [3.8, 4) is 6.07 Å². The molecule has 0 bridgehead atoms. The summed E-state index contributed by atoms with van der Waals surface area (Å²) in [4.78, 5) is 4.14. The Hall–Kier alpha value is -2.10. The van der Waals surface area contributed by atoms with Gasteiger partial charge in [0.25, 0.3) is 0 Å². The van der Waals surface area contributed by atoms with E-state index in [9.17, 15) is 13.2 Å². The molecular formula is C11H7F3N4. The van der Waals surface area contributed by atoms with E-state index in [4.69, 9.17) is 5.26 Å². The van der Waals surface area contributed by atoms with Crippen LogP contribution in [0.3, 0.4) is 0 Å². The molecule has 7 heteroatoms. The number of hydrogen-bond acceptors (Lipinski definition) is 3. The Balaban J connectivity index is 2.45. The van der Waals surface area contributed by atoms with Gasteiger partial charge in [0.15, 0.2) is 11.3 Å². The monoisotopic (exact) mass is 252 g/mol. The molecule has 0 aromatic carbocycles. The minimum Gasteiger partial charge on any atom is -0.232 e. The second-order valence-electron chi connectivity index (χ2n) is 4.14. The van der Waals surface area contributed by atoms with Gasteiger partial charge in [-0.3, -0.25) is 0 Å². The van der Waals surface area contributed by atoms with Crippen molar-refractivity contribution in [2.45, 2.75) is 25.4 Å². The molecule has 1 aliphatic carbocycles. The molecule has 3 rings (SSSR count). The average molecular weight is 252 g/mol. The van der Waals surface area contributed by atoms with Gasteiger partial charge in [0, 0.05) is 11.3 Å². The predicted molar refractivity (Wildman–Crippen MR) is 54.7 cm³/mol. The normalized spacial score (nSPS) is 14.8. The highest BCUT2D eigenvalue weighted by Gasteiger charge is 2.40. The molecule has 0 saturated heterocycles. The van der Waals surface area contributed by atoms with Crippen LogP contribution in [0.2, 0.25) is 0 Å². The largest absolute Gasteiger partial charge is 0.433 e. The predicted octanol–water partition coefficient (Wildman–Crippen LogP) is 2.11. The van der Waals surface area contributed by atoms with Crippen LogP contribution in [0.25, 0.3) is 5.65 Å². The van der Waals surface area contributed by atoms with E-state index in [1.54, 1.807) is 6.07 Å². The molecule has 0 atom stereocenters. The quantitative estimate of drug-likeness (QED) is 0.721. The second-order valence-corrected chi connectivity index (χ2v) is 4.14. The van der Waals surface area contributed by atoms with Gasteiger partial charge in [-0.15, -0.1) is 0 Å². The molecule has 0 saturated carbocycles. The molecule has 2 aromatic rings. The Kier molecular flexibility index (Phi) is 2.11. The van der Waals surface area contributed by atoms with E-state index >= 15 is 0 Å². The second kappa shape index (κ2) is 3.45. The minimum atomic E-state index is -4.49. The molecule has 0 N–H and O–H groups in total. The molecule has 0 fully saturated rings. The third-order valence-corrected chi connectivity index (χ3v) is 3.06. The molecule has 2 heterocycles. The van der Waals surface area contributed by atoms with Crippen molar-refractivity contribution in [3.63, 3.8) is 0 Å². The van der Waals surface area contributed by atoms with Gasteiger partial charge in [-0.2, -0.15) is 23.5 Å². The van der Waals surface area contributed by atoms with Crippen LogP contribution in [-0.4, -0.2) is 14.6 Å². The molecular weight excluding hydrogens is 245 g/mol. The van der Waals surface area contributed by atoms with Crippen molar-refractivity contribution in [1.29, 1.82) is 5.26 Å². The van der Waals surface area contributed by atoms with Gasteiger partial charge in [0.05, 0.1) is 6.20 Å². The van der Waals surface area contributed by atoms with Crippen molar-refractivity contribution in [2.24, 2.45) is 0 Å². The number of nitriles is 1. The summed E-state index contributed by atoms with van der Waals surface area (Å²) in [6.07, 6.45) is -1.85. The summed E-state index contributed by atoms with van der Waals surface area (Å²) in [5.41, 5.74) is -0.0865. The Morgan fingerprint density at radius 3 is 2.78 bits per heavy atom. The molecule has 0 aliphatic heterocycles.